The zero-order valence-corrected chi connectivity index (χ0v) is 13.1. The first kappa shape index (κ1) is 15.3. The third-order valence-corrected chi connectivity index (χ3v) is 4.08. The summed E-state index contributed by atoms with van der Waals surface area (Å²) in [5.41, 5.74) is 1.07. The van der Waals surface area contributed by atoms with E-state index in [1.54, 1.807) is 6.92 Å². The lowest BCUT2D eigenvalue weighted by atomic mass is 9.75. The minimum atomic E-state index is -0.932. The Morgan fingerprint density at radius 3 is 2.43 bits per heavy atom. The Hall–Kier alpha value is -2.55. The number of aryl methyl sites for hydroxylation is 1. The maximum absolute atomic E-state index is 13.9. The molecular weight excluding hydrogens is 300 g/mol. The van der Waals surface area contributed by atoms with Crippen molar-refractivity contribution in [3.05, 3.63) is 52.1 Å². The lowest BCUT2D eigenvalue weighted by Crippen LogP contribution is -2.28. The Labute approximate surface area is 132 Å². The second-order valence-corrected chi connectivity index (χ2v) is 6.63. The Bertz CT molecular complexity index is 852. The van der Waals surface area contributed by atoms with Gasteiger partial charge < -0.3 is 0 Å². The number of nitrogens with zero attached hydrogens (tertiary/aromatic N) is 3. The molecule has 1 aromatic carbocycles. The fourth-order valence-corrected chi connectivity index (χ4v) is 3.13. The highest BCUT2D eigenvalue weighted by Crippen LogP contribution is 2.37. The molecule has 2 aromatic rings. The predicted octanol–water partition coefficient (Wildman–Crippen LogP) is 4.16. The minimum Gasteiger partial charge on any atom is -0.294 e. The normalized spacial score (nSPS) is 16.1. The second-order valence-electron chi connectivity index (χ2n) is 6.63. The highest BCUT2D eigenvalue weighted by molar-refractivity contribution is 5.99. The van der Waals surface area contributed by atoms with Crippen molar-refractivity contribution in [3.8, 4) is 5.69 Å². The molecule has 0 radical (unpaired) electrons. The van der Waals surface area contributed by atoms with Crippen LogP contribution < -0.4 is 0 Å². The number of aromatic nitrogens is 2. The van der Waals surface area contributed by atoms with Gasteiger partial charge in [0.25, 0.3) is 5.69 Å². The van der Waals surface area contributed by atoms with Crippen LogP contribution in [0.15, 0.2) is 12.1 Å². The maximum atomic E-state index is 13.9. The fourth-order valence-electron chi connectivity index (χ4n) is 3.13. The monoisotopic (exact) mass is 315 g/mol. The molecule has 0 bridgehead atoms. The van der Waals surface area contributed by atoms with Crippen molar-refractivity contribution in [2.24, 2.45) is 5.41 Å². The average Bonchev–Trinajstić information content (AvgIpc) is 2.73. The van der Waals surface area contributed by atoms with E-state index in [4.69, 9.17) is 6.57 Å². The zero-order valence-electron chi connectivity index (χ0n) is 13.1. The summed E-state index contributed by atoms with van der Waals surface area (Å²) in [7, 11) is 0. The van der Waals surface area contributed by atoms with E-state index >= 15 is 0 Å². The van der Waals surface area contributed by atoms with Crippen LogP contribution in [0, 0.1) is 30.5 Å². The van der Waals surface area contributed by atoms with Gasteiger partial charge in [-0.25, -0.2) is 18.3 Å². The van der Waals surface area contributed by atoms with Crippen molar-refractivity contribution >= 4 is 11.5 Å². The average molecular weight is 315 g/mol. The van der Waals surface area contributed by atoms with E-state index < -0.39 is 17.3 Å². The lowest BCUT2D eigenvalue weighted by Gasteiger charge is -2.29. The van der Waals surface area contributed by atoms with Crippen LogP contribution in [0.4, 0.5) is 14.5 Å². The molecule has 0 saturated heterocycles. The van der Waals surface area contributed by atoms with Crippen LogP contribution in [-0.4, -0.2) is 15.6 Å². The summed E-state index contributed by atoms with van der Waals surface area (Å²) in [6.45, 7) is 12.5. The standard InChI is InChI=1S/C17H15F2N3O/c1-9-15-13(7-17(2,3)8-14(15)23)22(21-9)10-5-11(18)16(20-4)12(19)6-10/h5-6H,7-8H2,1-3H3. The molecule has 4 nitrogen and oxygen atoms in total. The number of carbonyl (C=O) groups excluding carboxylic acids is 1. The molecule has 0 saturated carbocycles. The molecule has 1 heterocycles. The summed E-state index contributed by atoms with van der Waals surface area (Å²) in [6, 6.07) is 2.16. The maximum Gasteiger partial charge on any atom is 0.256 e. The third kappa shape index (κ3) is 2.42. The van der Waals surface area contributed by atoms with Crippen LogP contribution in [0.2, 0.25) is 0 Å². The summed E-state index contributed by atoms with van der Waals surface area (Å²) < 4.78 is 29.2. The molecule has 0 amide bonds. The van der Waals surface area contributed by atoms with Crippen molar-refractivity contribution in [3.63, 3.8) is 0 Å². The molecule has 3 rings (SSSR count). The van der Waals surface area contributed by atoms with Crippen molar-refractivity contribution in [2.75, 3.05) is 0 Å². The number of benzene rings is 1. The van der Waals surface area contributed by atoms with Crippen LogP contribution in [0.1, 0.15) is 42.0 Å². The van der Waals surface area contributed by atoms with Gasteiger partial charge in [-0.1, -0.05) is 13.8 Å². The summed E-state index contributed by atoms with van der Waals surface area (Å²) in [4.78, 5) is 15.2. The number of ketones is 1. The summed E-state index contributed by atoms with van der Waals surface area (Å²) in [6.07, 6.45) is 1.01. The Morgan fingerprint density at radius 2 is 1.87 bits per heavy atom. The number of hydrogen-bond acceptors (Lipinski definition) is 2. The van der Waals surface area contributed by atoms with Gasteiger partial charge in [-0.05, 0) is 30.9 Å². The Morgan fingerprint density at radius 1 is 1.26 bits per heavy atom. The highest BCUT2D eigenvalue weighted by atomic mass is 19.1. The van der Waals surface area contributed by atoms with E-state index in [0.717, 1.165) is 12.1 Å². The number of hydrogen-bond donors (Lipinski definition) is 0. The number of rotatable bonds is 1. The summed E-state index contributed by atoms with van der Waals surface area (Å²) in [5.74, 6) is -1.87. The smallest absolute Gasteiger partial charge is 0.256 e. The van der Waals surface area contributed by atoms with Crippen LogP contribution >= 0.6 is 0 Å². The van der Waals surface area contributed by atoms with Crippen LogP contribution in [-0.2, 0) is 6.42 Å². The van der Waals surface area contributed by atoms with Crippen molar-refractivity contribution in [1.82, 2.24) is 9.78 Å². The molecule has 0 unspecified atom stereocenters. The van der Waals surface area contributed by atoms with E-state index in [2.05, 4.69) is 9.94 Å². The van der Waals surface area contributed by atoms with Gasteiger partial charge in [0.1, 0.15) is 11.6 Å². The first-order chi connectivity index (χ1) is 10.7. The number of Topliss-reactive ketones (excluding diaryl/α,β-unsaturated/α-hetero) is 1. The van der Waals surface area contributed by atoms with Crippen LogP contribution in [0.5, 0.6) is 0 Å². The SMILES string of the molecule is [C-]#[N+]c1c(F)cc(-n2nc(C)c3c2CC(C)(C)CC3=O)cc1F. The molecule has 118 valence electrons. The second kappa shape index (κ2) is 4.98. The highest BCUT2D eigenvalue weighted by Gasteiger charge is 2.35. The molecule has 1 aliphatic carbocycles. The summed E-state index contributed by atoms with van der Waals surface area (Å²) in [5, 5.41) is 4.30. The molecule has 1 aliphatic rings. The summed E-state index contributed by atoms with van der Waals surface area (Å²) >= 11 is 0. The van der Waals surface area contributed by atoms with Gasteiger partial charge in [0, 0.05) is 6.42 Å². The molecule has 0 aliphatic heterocycles. The molecule has 1 aromatic heterocycles. The predicted molar refractivity (Wildman–Crippen MR) is 80.9 cm³/mol. The fraction of sp³-hybridized carbons (Fsp3) is 0.353. The number of halogens is 2. The van der Waals surface area contributed by atoms with Crippen LogP contribution in [0.3, 0.4) is 0 Å². The van der Waals surface area contributed by atoms with Crippen LogP contribution in [0.25, 0.3) is 10.5 Å². The quantitative estimate of drug-likeness (QED) is 0.741. The molecule has 0 atom stereocenters. The Balaban J connectivity index is 2.22. The van der Waals surface area contributed by atoms with Gasteiger partial charge >= 0.3 is 0 Å². The number of carbonyl (C=O) groups is 1. The largest absolute Gasteiger partial charge is 0.294 e. The molecule has 6 heteroatoms. The van der Waals surface area contributed by atoms with Gasteiger partial charge in [0.15, 0.2) is 5.78 Å². The van der Waals surface area contributed by atoms with Gasteiger partial charge in [-0.2, -0.15) is 5.10 Å². The minimum absolute atomic E-state index is 0.00118. The topological polar surface area (TPSA) is 39.2 Å². The van der Waals surface area contributed by atoms with Gasteiger partial charge in [0.05, 0.1) is 29.2 Å². The van der Waals surface area contributed by atoms with Crippen molar-refractivity contribution < 1.29 is 13.6 Å². The number of fused-ring (bicyclic) bond motifs is 1. The first-order valence-electron chi connectivity index (χ1n) is 7.22. The van der Waals surface area contributed by atoms with Crippen molar-refractivity contribution in [1.29, 1.82) is 0 Å². The molecule has 23 heavy (non-hydrogen) atoms. The molecule has 0 fully saturated rings. The first-order valence-corrected chi connectivity index (χ1v) is 7.22. The molecular formula is C17H15F2N3O. The van der Waals surface area contributed by atoms with Crippen molar-refractivity contribution in [2.45, 2.75) is 33.6 Å². The zero-order chi connectivity index (χ0) is 16.9. The van der Waals surface area contributed by atoms with Gasteiger partial charge in [0.2, 0.25) is 0 Å². The lowest BCUT2D eigenvalue weighted by molar-refractivity contribution is 0.0910. The van der Waals surface area contributed by atoms with E-state index in [1.165, 1.54) is 4.68 Å². The third-order valence-electron chi connectivity index (χ3n) is 4.08. The van der Waals surface area contributed by atoms with E-state index in [0.29, 0.717) is 29.8 Å². The van der Waals surface area contributed by atoms with E-state index in [-0.39, 0.29) is 16.9 Å². The van der Waals surface area contributed by atoms with Gasteiger partial charge in [-0.3, -0.25) is 4.79 Å². The molecule has 0 N–H and O–H groups in total. The van der Waals surface area contributed by atoms with Gasteiger partial charge in [-0.15, -0.1) is 0 Å². The Kier molecular flexibility index (Phi) is 3.33. The van der Waals surface area contributed by atoms with E-state index in [1.807, 2.05) is 13.8 Å². The van der Waals surface area contributed by atoms with E-state index in [9.17, 15) is 13.6 Å². The molecule has 0 spiro atoms.